The van der Waals surface area contributed by atoms with Gasteiger partial charge in [0.15, 0.2) is 5.82 Å². The Morgan fingerprint density at radius 3 is 2.45 bits per heavy atom. The van der Waals surface area contributed by atoms with Gasteiger partial charge in [-0.05, 0) is 37.6 Å². The zero-order valence-electron chi connectivity index (χ0n) is 17.5. The number of benzene rings is 2. The molecule has 162 valence electrons. The van der Waals surface area contributed by atoms with Gasteiger partial charge in [-0.1, -0.05) is 53.7 Å². The number of ether oxygens (including phenoxy) is 1. The molecule has 4 rings (SSSR count). The Hall–Kier alpha value is -2.35. The average molecular weight is 457 g/mol. The number of fused-ring (bicyclic) bond motifs is 1. The van der Waals surface area contributed by atoms with Crippen molar-refractivity contribution in [1.29, 1.82) is 0 Å². The maximum atomic E-state index is 12.5. The summed E-state index contributed by atoms with van der Waals surface area (Å²) in [7, 11) is 0. The molecule has 1 aliphatic rings. The first-order valence-electron chi connectivity index (χ1n) is 10.3. The lowest BCUT2D eigenvalue weighted by Crippen LogP contribution is -2.46. The normalized spacial score (nSPS) is 18.9. The summed E-state index contributed by atoms with van der Waals surface area (Å²) in [5.74, 6) is 0.985. The van der Waals surface area contributed by atoms with Gasteiger partial charge in [0.1, 0.15) is 5.03 Å². The van der Waals surface area contributed by atoms with Crippen LogP contribution in [0, 0.1) is 0 Å². The molecular weight excluding hydrogens is 432 g/mol. The fourth-order valence-electron chi connectivity index (χ4n) is 3.65. The van der Waals surface area contributed by atoms with Gasteiger partial charge < -0.3 is 15.0 Å². The van der Waals surface area contributed by atoms with Gasteiger partial charge in [0.2, 0.25) is 5.91 Å². The molecule has 31 heavy (non-hydrogen) atoms. The van der Waals surface area contributed by atoms with E-state index in [-0.39, 0.29) is 23.9 Å². The summed E-state index contributed by atoms with van der Waals surface area (Å²) in [6.45, 7) is 6.00. The highest BCUT2D eigenvalue weighted by atomic mass is 35.5. The largest absolute Gasteiger partial charge is 0.372 e. The molecule has 1 aliphatic heterocycles. The van der Waals surface area contributed by atoms with Crippen molar-refractivity contribution in [2.24, 2.45) is 0 Å². The van der Waals surface area contributed by atoms with Crippen LogP contribution >= 0.6 is 23.4 Å². The number of aromatic nitrogens is 2. The van der Waals surface area contributed by atoms with E-state index in [0.717, 1.165) is 40.5 Å². The van der Waals surface area contributed by atoms with Crippen LogP contribution in [-0.4, -0.2) is 46.9 Å². The Bertz CT molecular complexity index is 1070. The van der Waals surface area contributed by atoms with E-state index in [9.17, 15) is 4.79 Å². The van der Waals surface area contributed by atoms with Crippen molar-refractivity contribution in [2.45, 2.75) is 37.6 Å². The maximum absolute atomic E-state index is 12.5. The molecule has 0 aliphatic carbocycles. The molecule has 6 nitrogen and oxygen atoms in total. The third-order valence-electron chi connectivity index (χ3n) is 5.01. The number of carbonyl (C=O) groups is 1. The van der Waals surface area contributed by atoms with Crippen molar-refractivity contribution in [3.8, 4) is 0 Å². The quantitative estimate of drug-likeness (QED) is 0.557. The molecule has 2 atom stereocenters. The predicted molar refractivity (Wildman–Crippen MR) is 126 cm³/mol. The smallest absolute Gasteiger partial charge is 0.230 e. The third kappa shape index (κ3) is 5.47. The van der Waals surface area contributed by atoms with E-state index >= 15 is 0 Å². The van der Waals surface area contributed by atoms with Crippen LogP contribution in [0.2, 0.25) is 5.02 Å². The molecule has 2 heterocycles. The number of para-hydroxylation sites is 2. The van der Waals surface area contributed by atoms with E-state index in [0.29, 0.717) is 11.6 Å². The molecule has 0 spiro atoms. The average Bonchev–Trinajstić information content (AvgIpc) is 2.76. The van der Waals surface area contributed by atoms with Crippen LogP contribution in [0.15, 0.2) is 53.6 Å². The SMILES string of the molecule is C[C@@H]1CN(c2nc3ccccc3nc2SCC(=O)NCc2ccccc2Cl)C[C@H](C)O1. The molecular formula is C23H25ClN4O2S. The number of rotatable bonds is 6. The number of morpholine rings is 1. The van der Waals surface area contributed by atoms with E-state index < -0.39 is 0 Å². The molecule has 8 heteroatoms. The van der Waals surface area contributed by atoms with Crippen molar-refractivity contribution < 1.29 is 9.53 Å². The van der Waals surface area contributed by atoms with Crippen LogP contribution in [-0.2, 0) is 16.1 Å². The number of anilines is 1. The Kier molecular flexibility index (Phi) is 6.95. The Balaban J connectivity index is 1.50. The minimum atomic E-state index is -0.0745. The van der Waals surface area contributed by atoms with E-state index in [4.69, 9.17) is 26.3 Å². The zero-order valence-corrected chi connectivity index (χ0v) is 19.1. The Morgan fingerprint density at radius 2 is 1.74 bits per heavy atom. The summed E-state index contributed by atoms with van der Waals surface area (Å²) in [5.41, 5.74) is 2.56. The molecule has 0 saturated carbocycles. The van der Waals surface area contributed by atoms with Crippen molar-refractivity contribution in [3.05, 3.63) is 59.1 Å². The molecule has 0 bridgehead atoms. The van der Waals surface area contributed by atoms with Crippen LogP contribution < -0.4 is 10.2 Å². The molecule has 1 amide bonds. The van der Waals surface area contributed by atoms with Crippen molar-refractivity contribution in [3.63, 3.8) is 0 Å². The molecule has 2 aromatic carbocycles. The zero-order chi connectivity index (χ0) is 21.8. The van der Waals surface area contributed by atoms with Gasteiger partial charge in [-0.3, -0.25) is 4.79 Å². The monoisotopic (exact) mass is 456 g/mol. The number of amides is 1. The van der Waals surface area contributed by atoms with Gasteiger partial charge in [-0.15, -0.1) is 0 Å². The second-order valence-electron chi connectivity index (χ2n) is 7.66. The summed E-state index contributed by atoms with van der Waals surface area (Å²) in [6, 6.07) is 15.3. The molecule has 1 fully saturated rings. The Morgan fingerprint density at radius 1 is 1.10 bits per heavy atom. The minimum absolute atomic E-state index is 0.0745. The topological polar surface area (TPSA) is 67.4 Å². The number of nitrogens with one attached hydrogen (secondary N) is 1. The number of nitrogens with zero attached hydrogens (tertiary/aromatic N) is 3. The number of thioether (sulfide) groups is 1. The first-order valence-corrected chi connectivity index (χ1v) is 11.7. The highest BCUT2D eigenvalue weighted by Gasteiger charge is 2.26. The first kappa shape index (κ1) is 21.9. The highest BCUT2D eigenvalue weighted by molar-refractivity contribution is 8.00. The van der Waals surface area contributed by atoms with Gasteiger partial charge in [0.25, 0.3) is 0 Å². The summed E-state index contributed by atoms with van der Waals surface area (Å²) < 4.78 is 5.88. The van der Waals surface area contributed by atoms with Gasteiger partial charge in [-0.25, -0.2) is 9.97 Å². The summed E-state index contributed by atoms with van der Waals surface area (Å²) in [5, 5.41) is 4.34. The third-order valence-corrected chi connectivity index (χ3v) is 6.34. The molecule has 1 saturated heterocycles. The van der Waals surface area contributed by atoms with E-state index in [1.54, 1.807) is 0 Å². The number of halogens is 1. The van der Waals surface area contributed by atoms with Crippen LogP contribution in [0.4, 0.5) is 5.82 Å². The fraction of sp³-hybridized carbons (Fsp3) is 0.348. The van der Waals surface area contributed by atoms with Crippen LogP contribution in [0.5, 0.6) is 0 Å². The maximum Gasteiger partial charge on any atom is 0.230 e. The molecule has 3 aromatic rings. The van der Waals surface area contributed by atoms with Crippen LogP contribution in [0.25, 0.3) is 11.0 Å². The Labute approximate surface area is 191 Å². The molecule has 1 aromatic heterocycles. The van der Waals surface area contributed by atoms with Crippen LogP contribution in [0.3, 0.4) is 0 Å². The number of hydrogen-bond donors (Lipinski definition) is 1. The standard InChI is InChI=1S/C23H25ClN4O2S/c1-15-12-28(13-16(2)30-15)22-23(27-20-10-6-5-9-19(20)26-22)31-14-21(29)25-11-17-7-3-4-8-18(17)24/h3-10,15-16H,11-14H2,1-2H3,(H,25,29)/t15-,16+. The lowest BCUT2D eigenvalue weighted by atomic mass is 10.2. The predicted octanol–water partition coefficient (Wildman–Crippen LogP) is 4.31. The lowest BCUT2D eigenvalue weighted by Gasteiger charge is -2.36. The van der Waals surface area contributed by atoms with Gasteiger partial charge in [0.05, 0.1) is 29.0 Å². The lowest BCUT2D eigenvalue weighted by molar-refractivity contribution is -0.118. The van der Waals surface area contributed by atoms with Crippen molar-refractivity contribution in [1.82, 2.24) is 15.3 Å². The fourth-order valence-corrected chi connectivity index (χ4v) is 4.69. The van der Waals surface area contributed by atoms with E-state index in [2.05, 4.69) is 24.1 Å². The number of carbonyl (C=O) groups excluding carboxylic acids is 1. The molecule has 0 radical (unpaired) electrons. The number of hydrogen-bond acceptors (Lipinski definition) is 6. The van der Waals surface area contributed by atoms with Crippen LogP contribution in [0.1, 0.15) is 19.4 Å². The van der Waals surface area contributed by atoms with Crippen molar-refractivity contribution >= 4 is 46.1 Å². The van der Waals surface area contributed by atoms with E-state index in [1.807, 2.05) is 48.5 Å². The van der Waals surface area contributed by atoms with E-state index in [1.165, 1.54) is 11.8 Å². The second-order valence-corrected chi connectivity index (χ2v) is 9.03. The summed E-state index contributed by atoms with van der Waals surface area (Å²) >= 11 is 7.58. The first-order chi connectivity index (χ1) is 15.0. The molecule has 0 unspecified atom stereocenters. The van der Waals surface area contributed by atoms with Gasteiger partial charge in [0, 0.05) is 24.7 Å². The molecule has 1 N–H and O–H groups in total. The minimum Gasteiger partial charge on any atom is -0.372 e. The second kappa shape index (κ2) is 9.85. The summed E-state index contributed by atoms with van der Waals surface area (Å²) in [6.07, 6.45) is 0.211. The van der Waals surface area contributed by atoms with Crippen molar-refractivity contribution in [2.75, 3.05) is 23.7 Å². The summed E-state index contributed by atoms with van der Waals surface area (Å²) in [4.78, 5) is 24.4. The highest BCUT2D eigenvalue weighted by Crippen LogP contribution is 2.31. The van der Waals surface area contributed by atoms with Gasteiger partial charge >= 0.3 is 0 Å². The van der Waals surface area contributed by atoms with Gasteiger partial charge in [-0.2, -0.15) is 0 Å².